The number of halogens is 1. The maximum Gasteiger partial charge on any atom is 0.167 e. The predicted octanol–water partition coefficient (Wildman–Crippen LogP) is 0.678. The predicted molar refractivity (Wildman–Crippen MR) is 52.0 cm³/mol. The fraction of sp³-hybridized carbons (Fsp3) is 0.200. The molecular weight excluding hydrogens is 256 g/mol. The van der Waals surface area contributed by atoms with E-state index in [4.69, 9.17) is 5.73 Å². The zero-order chi connectivity index (χ0) is 9.42. The molecular formula is C5H5BrN6S. The van der Waals surface area contributed by atoms with E-state index < -0.39 is 0 Å². The van der Waals surface area contributed by atoms with Gasteiger partial charge in [0.05, 0.1) is 11.7 Å². The van der Waals surface area contributed by atoms with E-state index in [9.17, 15) is 0 Å². The van der Waals surface area contributed by atoms with Crippen molar-refractivity contribution in [1.82, 2.24) is 23.7 Å². The second-order valence-corrected chi connectivity index (χ2v) is 3.63. The van der Waals surface area contributed by atoms with E-state index in [1.54, 1.807) is 11.7 Å². The second kappa shape index (κ2) is 3.04. The molecule has 0 unspecified atom stereocenters. The molecule has 0 aromatic carbocycles. The highest BCUT2D eigenvalue weighted by molar-refractivity contribution is 9.10. The fourth-order valence-corrected chi connectivity index (χ4v) is 1.93. The molecule has 2 N–H and O–H groups in total. The molecule has 0 saturated heterocycles. The van der Waals surface area contributed by atoms with Crippen molar-refractivity contribution < 1.29 is 0 Å². The summed E-state index contributed by atoms with van der Waals surface area (Å²) in [5.41, 5.74) is 6.97. The molecule has 2 aromatic rings. The van der Waals surface area contributed by atoms with E-state index in [0.29, 0.717) is 16.1 Å². The maximum atomic E-state index is 5.62. The van der Waals surface area contributed by atoms with E-state index in [2.05, 4.69) is 35.0 Å². The van der Waals surface area contributed by atoms with Crippen LogP contribution >= 0.6 is 27.7 Å². The van der Waals surface area contributed by atoms with Crippen LogP contribution < -0.4 is 5.73 Å². The summed E-state index contributed by atoms with van der Waals surface area (Å²) in [6.45, 7) is 0. The normalized spacial score (nSPS) is 10.6. The topological polar surface area (TPSA) is 82.5 Å². The highest BCUT2D eigenvalue weighted by Crippen LogP contribution is 2.28. The molecule has 0 spiro atoms. The molecule has 2 heterocycles. The Balaban J connectivity index is 2.64. The first-order valence-corrected chi connectivity index (χ1v) is 4.86. The third kappa shape index (κ3) is 1.31. The van der Waals surface area contributed by atoms with E-state index in [0.717, 1.165) is 17.4 Å². The zero-order valence-corrected chi connectivity index (χ0v) is 9.00. The molecule has 8 heteroatoms. The summed E-state index contributed by atoms with van der Waals surface area (Å²) in [7, 11) is 1.77. The summed E-state index contributed by atoms with van der Waals surface area (Å²) < 4.78 is 10.1. The minimum absolute atomic E-state index is 0.399. The fourth-order valence-electron chi connectivity index (χ4n) is 0.943. The monoisotopic (exact) mass is 260 g/mol. The number of rotatable bonds is 1. The van der Waals surface area contributed by atoms with Gasteiger partial charge in [0.25, 0.3) is 0 Å². The number of nitrogen functional groups attached to an aromatic ring is 1. The van der Waals surface area contributed by atoms with Crippen molar-refractivity contribution in [2.24, 2.45) is 7.05 Å². The Morgan fingerprint density at radius 2 is 2.23 bits per heavy atom. The molecule has 68 valence electrons. The Morgan fingerprint density at radius 1 is 1.46 bits per heavy atom. The van der Waals surface area contributed by atoms with Crippen LogP contribution in [0, 0.1) is 0 Å². The molecule has 0 fully saturated rings. The molecule has 0 aliphatic heterocycles. The quantitative estimate of drug-likeness (QED) is 0.816. The van der Waals surface area contributed by atoms with Crippen LogP contribution in [-0.4, -0.2) is 23.7 Å². The van der Waals surface area contributed by atoms with Crippen LogP contribution in [-0.2, 0) is 7.05 Å². The molecule has 2 rings (SSSR count). The third-order valence-corrected chi connectivity index (χ3v) is 2.60. The summed E-state index contributed by atoms with van der Waals surface area (Å²) in [6.07, 6.45) is 0. The number of nitrogens with zero attached hydrogens (tertiary/aromatic N) is 5. The van der Waals surface area contributed by atoms with Gasteiger partial charge in [-0.2, -0.15) is 8.75 Å². The van der Waals surface area contributed by atoms with Gasteiger partial charge in [0.1, 0.15) is 11.4 Å². The van der Waals surface area contributed by atoms with Crippen molar-refractivity contribution in [3.05, 3.63) is 4.60 Å². The lowest BCUT2D eigenvalue weighted by molar-refractivity contribution is 0.719. The first-order chi connectivity index (χ1) is 6.20. The zero-order valence-electron chi connectivity index (χ0n) is 6.60. The van der Waals surface area contributed by atoms with Crippen LogP contribution in [0.1, 0.15) is 0 Å². The number of aromatic nitrogens is 5. The van der Waals surface area contributed by atoms with E-state index in [-0.39, 0.29) is 0 Å². The van der Waals surface area contributed by atoms with E-state index >= 15 is 0 Å². The standard InChI is InChI=1S/C5H5BrN6S/c1-12-3(4(6)8-11-12)2-5(7)10-13-9-2/h1H3,(H2,7,10). The Hall–Kier alpha value is -1.02. The van der Waals surface area contributed by atoms with Crippen LogP contribution in [0.3, 0.4) is 0 Å². The smallest absolute Gasteiger partial charge is 0.167 e. The summed E-state index contributed by atoms with van der Waals surface area (Å²) >= 11 is 4.33. The molecule has 13 heavy (non-hydrogen) atoms. The first kappa shape index (κ1) is 8.57. The second-order valence-electron chi connectivity index (χ2n) is 2.35. The van der Waals surface area contributed by atoms with Crippen molar-refractivity contribution >= 4 is 33.5 Å². The summed E-state index contributed by atoms with van der Waals surface area (Å²) in [5, 5.41) is 7.64. The highest BCUT2D eigenvalue weighted by atomic mass is 79.9. The van der Waals surface area contributed by atoms with Gasteiger partial charge in [0, 0.05) is 7.05 Å². The minimum Gasteiger partial charge on any atom is -0.381 e. The third-order valence-electron chi connectivity index (χ3n) is 1.52. The SMILES string of the molecule is Cn1nnc(Br)c1-c1nsnc1N. The highest BCUT2D eigenvalue weighted by Gasteiger charge is 2.16. The van der Waals surface area contributed by atoms with Crippen LogP contribution in [0.15, 0.2) is 4.60 Å². The van der Waals surface area contributed by atoms with Crippen molar-refractivity contribution in [1.29, 1.82) is 0 Å². The molecule has 0 aliphatic rings. The molecule has 0 atom stereocenters. The van der Waals surface area contributed by atoms with Crippen LogP contribution in [0.25, 0.3) is 11.4 Å². The molecule has 0 aliphatic carbocycles. The Morgan fingerprint density at radius 3 is 2.69 bits per heavy atom. The minimum atomic E-state index is 0.399. The van der Waals surface area contributed by atoms with Crippen molar-refractivity contribution in [2.75, 3.05) is 5.73 Å². The molecule has 0 saturated carbocycles. The van der Waals surface area contributed by atoms with Gasteiger partial charge >= 0.3 is 0 Å². The lowest BCUT2D eigenvalue weighted by atomic mass is 10.3. The van der Waals surface area contributed by atoms with Gasteiger partial charge < -0.3 is 5.73 Å². The first-order valence-electron chi connectivity index (χ1n) is 3.33. The molecule has 0 bridgehead atoms. The van der Waals surface area contributed by atoms with Crippen LogP contribution in [0.2, 0.25) is 0 Å². The van der Waals surface area contributed by atoms with Gasteiger partial charge in [-0.3, -0.25) is 0 Å². The average Bonchev–Trinajstić information content (AvgIpc) is 2.60. The molecule has 2 aromatic heterocycles. The van der Waals surface area contributed by atoms with Crippen molar-refractivity contribution in [3.8, 4) is 11.4 Å². The van der Waals surface area contributed by atoms with Gasteiger partial charge in [-0.1, -0.05) is 5.21 Å². The van der Waals surface area contributed by atoms with Crippen LogP contribution in [0.4, 0.5) is 5.82 Å². The lowest BCUT2D eigenvalue weighted by Gasteiger charge is -1.96. The number of anilines is 1. The van der Waals surface area contributed by atoms with E-state index in [1.807, 2.05) is 0 Å². The largest absolute Gasteiger partial charge is 0.381 e. The lowest BCUT2D eigenvalue weighted by Crippen LogP contribution is -1.97. The number of aryl methyl sites for hydroxylation is 1. The maximum absolute atomic E-state index is 5.62. The Kier molecular flexibility index (Phi) is 2.00. The van der Waals surface area contributed by atoms with Gasteiger partial charge in [-0.05, 0) is 15.9 Å². The van der Waals surface area contributed by atoms with Gasteiger partial charge in [-0.15, -0.1) is 5.10 Å². The number of hydrogen-bond acceptors (Lipinski definition) is 6. The summed E-state index contributed by atoms with van der Waals surface area (Å²) in [5.74, 6) is 0.399. The molecule has 0 amide bonds. The molecule has 6 nitrogen and oxygen atoms in total. The average molecular weight is 261 g/mol. The van der Waals surface area contributed by atoms with Gasteiger partial charge in [0.15, 0.2) is 10.4 Å². The van der Waals surface area contributed by atoms with E-state index in [1.165, 1.54) is 0 Å². The number of nitrogens with two attached hydrogens (primary N) is 1. The Labute approximate surface area is 86.2 Å². The van der Waals surface area contributed by atoms with Gasteiger partial charge in [0.2, 0.25) is 0 Å². The Bertz CT molecular complexity index is 414. The van der Waals surface area contributed by atoms with Crippen molar-refractivity contribution in [2.45, 2.75) is 0 Å². The van der Waals surface area contributed by atoms with Crippen LogP contribution in [0.5, 0.6) is 0 Å². The molecule has 0 radical (unpaired) electrons. The number of hydrogen-bond donors (Lipinski definition) is 1. The van der Waals surface area contributed by atoms with Crippen molar-refractivity contribution in [3.63, 3.8) is 0 Å². The summed E-state index contributed by atoms with van der Waals surface area (Å²) in [4.78, 5) is 0. The summed E-state index contributed by atoms with van der Waals surface area (Å²) in [6, 6.07) is 0. The van der Waals surface area contributed by atoms with Gasteiger partial charge in [-0.25, -0.2) is 4.68 Å².